The molecule has 0 spiro atoms. The molecule has 25 heavy (non-hydrogen) atoms. The van der Waals surface area contributed by atoms with E-state index in [2.05, 4.69) is 28.9 Å². The van der Waals surface area contributed by atoms with Crippen LogP contribution in [0.5, 0.6) is 0 Å². The van der Waals surface area contributed by atoms with Crippen molar-refractivity contribution >= 4 is 5.91 Å². The highest BCUT2D eigenvalue weighted by atomic mass is 16.5. The van der Waals surface area contributed by atoms with Crippen LogP contribution in [-0.4, -0.2) is 84.1 Å². The SMILES string of the molecule is Cc1ncc(CN(C)C)c(C2CCCN2CC(=O)N2CCOCC2)n1. The quantitative estimate of drug-likeness (QED) is 0.787. The zero-order valence-corrected chi connectivity index (χ0v) is 15.6. The van der Waals surface area contributed by atoms with Crippen LogP contribution in [0.2, 0.25) is 0 Å². The lowest BCUT2D eigenvalue weighted by Gasteiger charge is -2.31. The molecule has 7 heteroatoms. The predicted molar refractivity (Wildman–Crippen MR) is 95.1 cm³/mol. The standard InChI is InChI=1S/C18H29N5O2/c1-14-19-11-15(12-21(2)3)18(20-14)16-5-4-6-23(16)13-17(24)22-7-9-25-10-8-22/h11,16H,4-10,12-13H2,1-3H3. The van der Waals surface area contributed by atoms with Gasteiger partial charge in [0.15, 0.2) is 0 Å². The van der Waals surface area contributed by atoms with Crippen molar-refractivity contribution in [3.63, 3.8) is 0 Å². The molecule has 0 N–H and O–H groups in total. The molecular weight excluding hydrogens is 318 g/mol. The average Bonchev–Trinajstić information content (AvgIpc) is 3.05. The third-order valence-corrected chi connectivity index (χ3v) is 4.89. The monoisotopic (exact) mass is 347 g/mol. The number of rotatable bonds is 5. The van der Waals surface area contributed by atoms with Crippen molar-refractivity contribution in [3.05, 3.63) is 23.3 Å². The second kappa shape index (κ2) is 8.21. The summed E-state index contributed by atoms with van der Waals surface area (Å²) in [4.78, 5) is 28.1. The summed E-state index contributed by atoms with van der Waals surface area (Å²) in [5.74, 6) is 0.999. The Bertz CT molecular complexity index is 601. The molecule has 0 saturated carbocycles. The number of carbonyl (C=O) groups is 1. The maximum Gasteiger partial charge on any atom is 0.236 e. The number of amides is 1. The minimum atomic E-state index is 0.204. The minimum Gasteiger partial charge on any atom is -0.378 e. The molecule has 0 aliphatic carbocycles. The van der Waals surface area contributed by atoms with Crippen LogP contribution in [0.4, 0.5) is 0 Å². The molecule has 2 fully saturated rings. The Hall–Kier alpha value is -1.57. The zero-order chi connectivity index (χ0) is 17.8. The summed E-state index contributed by atoms with van der Waals surface area (Å²) >= 11 is 0. The number of nitrogens with zero attached hydrogens (tertiary/aromatic N) is 5. The van der Waals surface area contributed by atoms with E-state index >= 15 is 0 Å². The van der Waals surface area contributed by atoms with Crippen molar-refractivity contribution in [2.75, 3.05) is 53.5 Å². The van der Waals surface area contributed by atoms with E-state index in [1.165, 1.54) is 0 Å². The number of ether oxygens (including phenoxy) is 1. The molecule has 1 atom stereocenters. The summed E-state index contributed by atoms with van der Waals surface area (Å²) in [7, 11) is 4.11. The van der Waals surface area contributed by atoms with E-state index in [1.54, 1.807) is 0 Å². The second-order valence-electron chi connectivity index (χ2n) is 7.19. The van der Waals surface area contributed by atoms with E-state index in [0.29, 0.717) is 32.8 Å². The van der Waals surface area contributed by atoms with E-state index < -0.39 is 0 Å². The lowest BCUT2D eigenvalue weighted by Crippen LogP contribution is -2.45. The van der Waals surface area contributed by atoms with Crippen molar-refractivity contribution in [1.29, 1.82) is 0 Å². The van der Waals surface area contributed by atoms with Gasteiger partial charge in [0.25, 0.3) is 0 Å². The van der Waals surface area contributed by atoms with Gasteiger partial charge in [0.1, 0.15) is 5.82 Å². The molecule has 0 radical (unpaired) electrons. The Morgan fingerprint density at radius 3 is 2.80 bits per heavy atom. The third-order valence-electron chi connectivity index (χ3n) is 4.89. The van der Waals surface area contributed by atoms with Gasteiger partial charge >= 0.3 is 0 Å². The fourth-order valence-corrected chi connectivity index (χ4v) is 3.68. The van der Waals surface area contributed by atoms with E-state index in [9.17, 15) is 4.79 Å². The number of aryl methyl sites for hydroxylation is 1. The largest absolute Gasteiger partial charge is 0.378 e. The number of aromatic nitrogens is 2. The summed E-state index contributed by atoms with van der Waals surface area (Å²) in [5.41, 5.74) is 2.25. The summed E-state index contributed by atoms with van der Waals surface area (Å²) in [6.07, 6.45) is 4.09. The molecule has 2 aliphatic heterocycles. The van der Waals surface area contributed by atoms with E-state index in [0.717, 1.165) is 43.0 Å². The first kappa shape index (κ1) is 18.2. The molecule has 1 aromatic heterocycles. The van der Waals surface area contributed by atoms with Crippen LogP contribution >= 0.6 is 0 Å². The second-order valence-corrected chi connectivity index (χ2v) is 7.19. The van der Waals surface area contributed by atoms with Crippen molar-refractivity contribution < 1.29 is 9.53 Å². The van der Waals surface area contributed by atoms with Gasteiger partial charge in [-0.25, -0.2) is 9.97 Å². The van der Waals surface area contributed by atoms with E-state index in [1.807, 2.05) is 18.0 Å². The van der Waals surface area contributed by atoms with E-state index in [4.69, 9.17) is 9.72 Å². The van der Waals surface area contributed by atoms with Crippen LogP contribution in [0.15, 0.2) is 6.20 Å². The highest BCUT2D eigenvalue weighted by Gasteiger charge is 2.32. The Balaban J connectivity index is 1.74. The number of hydrogen-bond acceptors (Lipinski definition) is 6. The summed E-state index contributed by atoms with van der Waals surface area (Å²) in [6.45, 7) is 6.87. The lowest BCUT2D eigenvalue weighted by atomic mass is 10.1. The van der Waals surface area contributed by atoms with Gasteiger partial charge in [0.05, 0.1) is 31.5 Å². The Morgan fingerprint density at radius 1 is 1.32 bits per heavy atom. The van der Waals surface area contributed by atoms with Gasteiger partial charge in [0.2, 0.25) is 5.91 Å². The Labute approximate surface area is 150 Å². The minimum absolute atomic E-state index is 0.204. The van der Waals surface area contributed by atoms with E-state index in [-0.39, 0.29) is 11.9 Å². The van der Waals surface area contributed by atoms with Crippen LogP contribution in [0.1, 0.15) is 36.0 Å². The van der Waals surface area contributed by atoms with Crippen LogP contribution < -0.4 is 0 Å². The van der Waals surface area contributed by atoms with Crippen molar-refractivity contribution in [1.82, 2.24) is 24.7 Å². The molecule has 1 unspecified atom stereocenters. The number of morpholine rings is 1. The summed E-state index contributed by atoms with van der Waals surface area (Å²) < 4.78 is 5.35. The van der Waals surface area contributed by atoms with Crippen LogP contribution in [-0.2, 0) is 16.1 Å². The summed E-state index contributed by atoms with van der Waals surface area (Å²) in [6, 6.07) is 0.210. The molecule has 2 saturated heterocycles. The van der Waals surface area contributed by atoms with Gasteiger partial charge in [-0.15, -0.1) is 0 Å². The molecule has 138 valence electrons. The highest BCUT2D eigenvalue weighted by Crippen LogP contribution is 2.32. The molecule has 3 rings (SSSR count). The van der Waals surface area contributed by atoms with Crippen LogP contribution in [0, 0.1) is 6.92 Å². The molecule has 0 aromatic carbocycles. The molecule has 7 nitrogen and oxygen atoms in total. The van der Waals surface area contributed by atoms with Crippen LogP contribution in [0.3, 0.4) is 0 Å². The fraction of sp³-hybridized carbons (Fsp3) is 0.722. The number of likely N-dealkylation sites (tertiary alicyclic amines) is 1. The number of carbonyl (C=O) groups excluding carboxylic acids is 1. The van der Waals surface area contributed by atoms with Gasteiger partial charge in [-0.3, -0.25) is 9.69 Å². The molecule has 0 bridgehead atoms. The topological polar surface area (TPSA) is 61.8 Å². The van der Waals surface area contributed by atoms with Crippen LogP contribution in [0.25, 0.3) is 0 Å². The predicted octanol–water partition coefficient (Wildman–Crippen LogP) is 0.842. The summed E-state index contributed by atoms with van der Waals surface area (Å²) in [5, 5.41) is 0. The smallest absolute Gasteiger partial charge is 0.236 e. The van der Waals surface area contributed by atoms with Gasteiger partial charge in [-0.1, -0.05) is 0 Å². The van der Waals surface area contributed by atoms with Crippen molar-refractivity contribution in [2.45, 2.75) is 32.4 Å². The first-order chi connectivity index (χ1) is 12.0. The normalized spacial score (nSPS) is 21.9. The molecule has 1 amide bonds. The van der Waals surface area contributed by atoms with Gasteiger partial charge < -0.3 is 14.5 Å². The highest BCUT2D eigenvalue weighted by molar-refractivity contribution is 5.78. The van der Waals surface area contributed by atoms with Gasteiger partial charge in [-0.05, 0) is 40.4 Å². The fourth-order valence-electron chi connectivity index (χ4n) is 3.68. The zero-order valence-electron chi connectivity index (χ0n) is 15.6. The van der Waals surface area contributed by atoms with Crippen molar-refractivity contribution in [2.24, 2.45) is 0 Å². The third kappa shape index (κ3) is 4.54. The average molecular weight is 347 g/mol. The lowest BCUT2D eigenvalue weighted by molar-refractivity contribution is -0.136. The van der Waals surface area contributed by atoms with Gasteiger partial charge in [0, 0.05) is 31.4 Å². The molecule has 3 heterocycles. The molecular formula is C18H29N5O2. The number of hydrogen-bond donors (Lipinski definition) is 0. The Morgan fingerprint density at radius 2 is 2.08 bits per heavy atom. The maximum atomic E-state index is 12.6. The molecule has 2 aliphatic rings. The maximum absolute atomic E-state index is 12.6. The Kier molecular flexibility index (Phi) is 5.98. The van der Waals surface area contributed by atoms with Crippen molar-refractivity contribution in [3.8, 4) is 0 Å². The molecule has 1 aromatic rings. The first-order valence-electron chi connectivity index (χ1n) is 9.11. The first-order valence-corrected chi connectivity index (χ1v) is 9.11. The van der Waals surface area contributed by atoms with Gasteiger partial charge in [-0.2, -0.15) is 0 Å².